The van der Waals surface area contributed by atoms with Crippen LogP contribution in [0.3, 0.4) is 0 Å². The Kier molecular flexibility index (Phi) is 8.14. The number of rotatable bonds is 8. The molecule has 0 saturated carbocycles. The topological polar surface area (TPSA) is 153 Å². The van der Waals surface area contributed by atoms with Crippen LogP contribution < -0.4 is 11.1 Å². The molecule has 4 atom stereocenters. The van der Waals surface area contributed by atoms with Crippen LogP contribution in [0.2, 0.25) is 0 Å². The number of phenols is 1. The minimum Gasteiger partial charge on any atom is -0.508 e. The summed E-state index contributed by atoms with van der Waals surface area (Å²) in [5.74, 6) is -2.30. The summed E-state index contributed by atoms with van der Waals surface area (Å²) in [6.45, 7) is 4.40. The van der Waals surface area contributed by atoms with Crippen molar-refractivity contribution in [1.82, 2.24) is 15.1 Å². The van der Waals surface area contributed by atoms with Gasteiger partial charge in [0.2, 0.25) is 17.7 Å². The fourth-order valence-electron chi connectivity index (χ4n) is 4.60. The maximum Gasteiger partial charge on any atom is 0.326 e. The maximum atomic E-state index is 13.4. The fraction of sp³-hybridized carbons (Fsp3) is 0.583. The van der Waals surface area contributed by atoms with Crippen molar-refractivity contribution in [2.24, 2.45) is 11.7 Å². The normalized spacial score (nSPS) is 22.0. The molecule has 10 nitrogen and oxygen atoms in total. The first-order chi connectivity index (χ1) is 16.1. The molecule has 0 aromatic heterocycles. The molecule has 2 aliphatic rings. The monoisotopic (exact) mass is 474 g/mol. The molecule has 1 aromatic carbocycles. The second kappa shape index (κ2) is 10.9. The molecule has 3 rings (SSSR count). The molecule has 2 aliphatic heterocycles. The van der Waals surface area contributed by atoms with Gasteiger partial charge in [-0.15, -0.1) is 0 Å². The molecule has 0 aliphatic carbocycles. The summed E-state index contributed by atoms with van der Waals surface area (Å²) in [5, 5.41) is 21.9. The summed E-state index contributed by atoms with van der Waals surface area (Å²) in [7, 11) is 0. The molecule has 0 radical (unpaired) electrons. The number of aromatic hydroxyl groups is 1. The zero-order chi connectivity index (χ0) is 25.0. The second-order valence-corrected chi connectivity index (χ2v) is 9.42. The van der Waals surface area contributed by atoms with Crippen molar-refractivity contribution in [2.75, 3.05) is 13.1 Å². The lowest BCUT2D eigenvalue weighted by Gasteiger charge is -2.31. The van der Waals surface area contributed by atoms with E-state index >= 15 is 0 Å². The first kappa shape index (κ1) is 25.5. The lowest BCUT2D eigenvalue weighted by Crippen LogP contribution is -2.57. The number of nitrogens with zero attached hydrogens (tertiary/aromatic N) is 2. The Morgan fingerprint density at radius 2 is 1.56 bits per heavy atom. The minimum absolute atomic E-state index is 0.0720. The molecular weight excluding hydrogens is 440 g/mol. The van der Waals surface area contributed by atoms with Gasteiger partial charge in [0.1, 0.15) is 23.9 Å². The van der Waals surface area contributed by atoms with Gasteiger partial charge < -0.3 is 31.1 Å². The predicted molar refractivity (Wildman–Crippen MR) is 124 cm³/mol. The van der Waals surface area contributed by atoms with Gasteiger partial charge in [-0.1, -0.05) is 26.0 Å². The van der Waals surface area contributed by atoms with Crippen LogP contribution in [-0.2, 0) is 25.6 Å². The standard InChI is InChI=1S/C24H34N4O6/c1-14(2)20(25)23(32)27-11-3-5-18(27)21(30)26-17(13-15-7-9-16(29)10-8-15)22(31)28-12-4-6-19(28)24(33)34/h7-10,14,17-20,29H,3-6,11-13,25H2,1-2H3,(H,26,30)(H,33,34). The number of hydrogen-bond acceptors (Lipinski definition) is 6. The highest BCUT2D eigenvalue weighted by molar-refractivity contribution is 5.94. The van der Waals surface area contributed by atoms with E-state index in [2.05, 4.69) is 5.32 Å². The van der Waals surface area contributed by atoms with Crippen LogP contribution in [0, 0.1) is 5.92 Å². The summed E-state index contributed by atoms with van der Waals surface area (Å²) >= 11 is 0. The third-order valence-corrected chi connectivity index (χ3v) is 6.65. The number of hydrogen-bond donors (Lipinski definition) is 4. The number of nitrogens with one attached hydrogen (secondary N) is 1. The smallest absolute Gasteiger partial charge is 0.326 e. The molecule has 1 aromatic rings. The van der Waals surface area contributed by atoms with Gasteiger partial charge in [-0.3, -0.25) is 14.4 Å². The number of carbonyl (C=O) groups excluding carboxylic acids is 3. The Morgan fingerprint density at radius 1 is 1.00 bits per heavy atom. The van der Waals surface area contributed by atoms with Crippen LogP contribution in [0.15, 0.2) is 24.3 Å². The van der Waals surface area contributed by atoms with E-state index in [1.54, 1.807) is 12.1 Å². The van der Waals surface area contributed by atoms with Crippen LogP contribution >= 0.6 is 0 Å². The zero-order valence-corrected chi connectivity index (χ0v) is 19.6. The summed E-state index contributed by atoms with van der Waals surface area (Å²) in [6, 6.07) is 2.87. The van der Waals surface area contributed by atoms with Gasteiger partial charge in [0.15, 0.2) is 0 Å². The van der Waals surface area contributed by atoms with E-state index in [1.165, 1.54) is 21.9 Å². The van der Waals surface area contributed by atoms with Crippen LogP contribution in [0.1, 0.15) is 45.1 Å². The van der Waals surface area contributed by atoms with E-state index in [0.29, 0.717) is 44.3 Å². The fourth-order valence-corrected chi connectivity index (χ4v) is 4.60. The molecule has 2 saturated heterocycles. The van der Waals surface area contributed by atoms with Crippen molar-refractivity contribution in [1.29, 1.82) is 0 Å². The zero-order valence-electron chi connectivity index (χ0n) is 19.6. The molecule has 10 heteroatoms. The van der Waals surface area contributed by atoms with E-state index in [1.807, 2.05) is 13.8 Å². The van der Waals surface area contributed by atoms with Crippen molar-refractivity contribution < 1.29 is 29.4 Å². The average molecular weight is 475 g/mol. The molecule has 3 amide bonds. The molecule has 186 valence electrons. The van der Waals surface area contributed by atoms with Gasteiger partial charge in [0.05, 0.1) is 6.04 Å². The third-order valence-electron chi connectivity index (χ3n) is 6.65. The Morgan fingerprint density at radius 3 is 2.12 bits per heavy atom. The Hall–Kier alpha value is -3.14. The van der Waals surface area contributed by atoms with Gasteiger partial charge >= 0.3 is 5.97 Å². The largest absolute Gasteiger partial charge is 0.508 e. The number of phenolic OH excluding ortho intramolecular Hbond substituents is 1. The molecular formula is C24H34N4O6. The number of benzene rings is 1. The van der Waals surface area contributed by atoms with Gasteiger partial charge in [-0.25, -0.2) is 4.79 Å². The highest BCUT2D eigenvalue weighted by Gasteiger charge is 2.41. The Bertz CT molecular complexity index is 919. The number of aliphatic carboxylic acids is 1. The number of amides is 3. The van der Waals surface area contributed by atoms with E-state index in [0.717, 1.165) is 0 Å². The predicted octanol–water partition coefficient (Wildman–Crippen LogP) is 0.469. The second-order valence-electron chi connectivity index (χ2n) is 9.42. The average Bonchev–Trinajstić information content (AvgIpc) is 3.48. The first-order valence-corrected chi connectivity index (χ1v) is 11.8. The number of nitrogens with two attached hydrogens (primary N) is 1. The number of likely N-dealkylation sites (tertiary alicyclic amines) is 2. The van der Waals surface area contributed by atoms with Gasteiger partial charge in [0.25, 0.3) is 0 Å². The van der Waals surface area contributed by atoms with Crippen LogP contribution in [-0.4, -0.2) is 81.0 Å². The van der Waals surface area contributed by atoms with E-state index in [-0.39, 0.29) is 24.0 Å². The number of carboxylic acids is 1. The molecule has 0 spiro atoms. The quantitative estimate of drug-likeness (QED) is 0.427. The molecule has 4 unspecified atom stereocenters. The molecule has 34 heavy (non-hydrogen) atoms. The highest BCUT2D eigenvalue weighted by Crippen LogP contribution is 2.23. The SMILES string of the molecule is CC(C)C(N)C(=O)N1CCCC1C(=O)NC(Cc1ccc(O)cc1)C(=O)N1CCCC1C(=O)O. The van der Waals surface area contributed by atoms with Crippen molar-refractivity contribution in [3.63, 3.8) is 0 Å². The van der Waals surface area contributed by atoms with Gasteiger partial charge in [0, 0.05) is 19.5 Å². The van der Waals surface area contributed by atoms with Crippen molar-refractivity contribution in [3.8, 4) is 5.75 Å². The van der Waals surface area contributed by atoms with Crippen molar-refractivity contribution >= 4 is 23.7 Å². The van der Waals surface area contributed by atoms with E-state index in [9.17, 15) is 29.4 Å². The first-order valence-electron chi connectivity index (χ1n) is 11.8. The Balaban J connectivity index is 1.80. The molecule has 2 fully saturated rings. The van der Waals surface area contributed by atoms with Gasteiger partial charge in [-0.2, -0.15) is 0 Å². The molecule has 0 bridgehead atoms. The molecule has 5 N–H and O–H groups in total. The lowest BCUT2D eigenvalue weighted by molar-refractivity contribution is -0.149. The summed E-state index contributed by atoms with van der Waals surface area (Å²) in [5.41, 5.74) is 6.73. The highest BCUT2D eigenvalue weighted by atomic mass is 16.4. The van der Waals surface area contributed by atoms with Crippen molar-refractivity contribution in [3.05, 3.63) is 29.8 Å². The minimum atomic E-state index is -1.07. The van der Waals surface area contributed by atoms with Crippen molar-refractivity contribution in [2.45, 2.75) is 70.1 Å². The number of carboxylic acid groups (broad SMARTS) is 1. The lowest BCUT2D eigenvalue weighted by atomic mass is 10.0. The molecule has 2 heterocycles. The van der Waals surface area contributed by atoms with E-state index < -0.39 is 42.0 Å². The van der Waals surface area contributed by atoms with Crippen LogP contribution in [0.4, 0.5) is 0 Å². The summed E-state index contributed by atoms with van der Waals surface area (Å²) in [6.07, 6.45) is 2.17. The summed E-state index contributed by atoms with van der Waals surface area (Å²) < 4.78 is 0. The van der Waals surface area contributed by atoms with Crippen LogP contribution in [0.25, 0.3) is 0 Å². The Labute approximate surface area is 199 Å². The number of carbonyl (C=O) groups is 4. The van der Waals surface area contributed by atoms with Gasteiger partial charge in [-0.05, 0) is 49.3 Å². The maximum absolute atomic E-state index is 13.4. The third kappa shape index (κ3) is 5.67. The van der Waals surface area contributed by atoms with Crippen LogP contribution in [0.5, 0.6) is 5.75 Å². The van der Waals surface area contributed by atoms with E-state index in [4.69, 9.17) is 5.73 Å². The summed E-state index contributed by atoms with van der Waals surface area (Å²) in [4.78, 5) is 53.9.